The van der Waals surface area contributed by atoms with Crippen molar-refractivity contribution in [2.45, 2.75) is 25.8 Å². The van der Waals surface area contributed by atoms with Gasteiger partial charge >= 0.3 is 5.97 Å². The fraction of sp³-hybridized carbons (Fsp3) is 0.312. The second-order valence-corrected chi connectivity index (χ2v) is 6.03. The Bertz CT molecular complexity index is 765. The quantitative estimate of drug-likeness (QED) is 0.896. The number of carbonyl (C=O) groups is 2. The van der Waals surface area contributed by atoms with Crippen LogP contribution in [-0.2, 0) is 4.79 Å². The molecule has 0 radical (unpaired) electrons. The van der Waals surface area contributed by atoms with Crippen LogP contribution in [0, 0.1) is 12.8 Å². The molecule has 0 spiro atoms. The van der Waals surface area contributed by atoms with Gasteiger partial charge in [0.2, 0.25) is 0 Å². The standard InChI is InChI=1S/C16H15ClN2O4/c1-8-13(15(20)18-10-6-9(7-10)16(21)22)14(19-23-8)11-4-2-3-5-12(11)17/h2-5,9-10H,6-7H2,1H3,(H,18,20)(H,21,22). The predicted octanol–water partition coefficient (Wildman–Crippen LogP) is 2.90. The highest BCUT2D eigenvalue weighted by molar-refractivity contribution is 6.33. The molecule has 3 rings (SSSR count). The van der Waals surface area contributed by atoms with Gasteiger partial charge in [-0.1, -0.05) is 35.0 Å². The first kappa shape index (κ1) is 15.6. The molecule has 1 aliphatic rings. The van der Waals surface area contributed by atoms with Crippen molar-refractivity contribution in [3.05, 3.63) is 40.6 Å². The number of halogens is 1. The maximum Gasteiger partial charge on any atom is 0.306 e. The number of hydrogen-bond donors (Lipinski definition) is 2. The lowest BCUT2D eigenvalue weighted by Gasteiger charge is -2.32. The molecular weight excluding hydrogens is 320 g/mol. The second-order valence-electron chi connectivity index (χ2n) is 5.62. The predicted molar refractivity (Wildman–Crippen MR) is 83.3 cm³/mol. The Balaban J connectivity index is 1.81. The number of aliphatic carboxylic acids is 1. The van der Waals surface area contributed by atoms with Crippen LogP contribution in [-0.4, -0.2) is 28.2 Å². The fourth-order valence-corrected chi connectivity index (χ4v) is 2.90. The molecule has 1 fully saturated rings. The Morgan fingerprint density at radius 2 is 2.04 bits per heavy atom. The number of carbonyl (C=O) groups excluding carboxylic acids is 1. The van der Waals surface area contributed by atoms with Crippen molar-refractivity contribution in [3.63, 3.8) is 0 Å². The number of amides is 1. The average molecular weight is 335 g/mol. The highest BCUT2D eigenvalue weighted by Gasteiger charge is 2.36. The lowest BCUT2D eigenvalue weighted by molar-refractivity contribution is -0.145. The summed E-state index contributed by atoms with van der Waals surface area (Å²) in [6.07, 6.45) is 0.875. The van der Waals surface area contributed by atoms with Gasteiger partial charge in [-0.05, 0) is 25.8 Å². The van der Waals surface area contributed by atoms with E-state index in [0.717, 1.165) is 0 Å². The SMILES string of the molecule is Cc1onc(-c2ccccc2Cl)c1C(=O)NC1CC(C(=O)O)C1. The Hall–Kier alpha value is -2.34. The van der Waals surface area contributed by atoms with Crippen LogP contribution in [0.15, 0.2) is 28.8 Å². The first-order valence-corrected chi connectivity index (χ1v) is 7.60. The molecule has 23 heavy (non-hydrogen) atoms. The van der Waals surface area contributed by atoms with E-state index in [9.17, 15) is 9.59 Å². The Labute approximate surface area is 137 Å². The number of aryl methyl sites for hydroxylation is 1. The maximum atomic E-state index is 12.5. The number of nitrogens with one attached hydrogen (secondary N) is 1. The molecule has 2 aromatic rings. The molecular formula is C16H15ClN2O4. The summed E-state index contributed by atoms with van der Waals surface area (Å²) in [6, 6.07) is 6.93. The lowest BCUT2D eigenvalue weighted by atomic mass is 9.80. The summed E-state index contributed by atoms with van der Waals surface area (Å²) in [5.74, 6) is -1.14. The number of rotatable bonds is 4. The van der Waals surface area contributed by atoms with E-state index in [0.29, 0.717) is 40.4 Å². The summed E-state index contributed by atoms with van der Waals surface area (Å²) < 4.78 is 5.16. The first-order valence-electron chi connectivity index (χ1n) is 7.22. The van der Waals surface area contributed by atoms with Gasteiger partial charge in [0.15, 0.2) is 0 Å². The second kappa shape index (κ2) is 6.04. The normalized spacial score (nSPS) is 19.9. The number of benzene rings is 1. The Kier molecular flexibility index (Phi) is 4.09. The topological polar surface area (TPSA) is 92.4 Å². The van der Waals surface area contributed by atoms with Gasteiger partial charge in [-0.2, -0.15) is 0 Å². The fourth-order valence-electron chi connectivity index (χ4n) is 2.67. The largest absolute Gasteiger partial charge is 0.481 e. The van der Waals surface area contributed by atoms with Gasteiger partial charge in [-0.25, -0.2) is 0 Å². The number of aromatic nitrogens is 1. The van der Waals surface area contributed by atoms with E-state index in [1.165, 1.54) is 0 Å². The highest BCUT2D eigenvalue weighted by atomic mass is 35.5. The maximum absolute atomic E-state index is 12.5. The number of carboxylic acids is 1. The monoisotopic (exact) mass is 334 g/mol. The first-order chi connectivity index (χ1) is 11.0. The third kappa shape index (κ3) is 2.94. The van der Waals surface area contributed by atoms with E-state index in [4.69, 9.17) is 21.2 Å². The molecule has 0 unspecified atom stereocenters. The molecule has 120 valence electrons. The van der Waals surface area contributed by atoms with E-state index in [1.54, 1.807) is 31.2 Å². The Morgan fingerprint density at radius 1 is 1.35 bits per heavy atom. The van der Waals surface area contributed by atoms with Crippen LogP contribution < -0.4 is 5.32 Å². The van der Waals surface area contributed by atoms with Crippen molar-refractivity contribution >= 4 is 23.5 Å². The Morgan fingerprint density at radius 3 is 2.70 bits per heavy atom. The van der Waals surface area contributed by atoms with Gasteiger partial charge < -0.3 is 14.9 Å². The van der Waals surface area contributed by atoms with E-state index in [1.807, 2.05) is 0 Å². The lowest BCUT2D eigenvalue weighted by Crippen LogP contribution is -2.46. The smallest absolute Gasteiger partial charge is 0.306 e. The summed E-state index contributed by atoms with van der Waals surface area (Å²) >= 11 is 6.16. The molecule has 0 saturated heterocycles. The van der Waals surface area contributed by atoms with Gasteiger partial charge in [0.1, 0.15) is 17.0 Å². The number of carboxylic acid groups (broad SMARTS) is 1. The van der Waals surface area contributed by atoms with E-state index < -0.39 is 5.97 Å². The van der Waals surface area contributed by atoms with Gasteiger partial charge in [0, 0.05) is 11.6 Å². The van der Waals surface area contributed by atoms with E-state index in [2.05, 4.69) is 10.5 Å². The van der Waals surface area contributed by atoms with Crippen molar-refractivity contribution in [1.82, 2.24) is 10.5 Å². The molecule has 0 bridgehead atoms. The molecule has 7 heteroatoms. The number of hydrogen-bond acceptors (Lipinski definition) is 4. The van der Waals surface area contributed by atoms with Crippen LogP contribution in [0.25, 0.3) is 11.3 Å². The van der Waals surface area contributed by atoms with Crippen molar-refractivity contribution in [1.29, 1.82) is 0 Å². The van der Waals surface area contributed by atoms with Gasteiger partial charge in [-0.3, -0.25) is 9.59 Å². The highest BCUT2D eigenvalue weighted by Crippen LogP contribution is 2.32. The van der Waals surface area contributed by atoms with Gasteiger partial charge in [0.25, 0.3) is 5.91 Å². The zero-order valence-electron chi connectivity index (χ0n) is 12.4. The molecule has 2 N–H and O–H groups in total. The van der Waals surface area contributed by atoms with Crippen LogP contribution in [0.1, 0.15) is 29.0 Å². The molecule has 0 atom stereocenters. The van der Waals surface area contributed by atoms with Crippen LogP contribution in [0.2, 0.25) is 5.02 Å². The zero-order chi connectivity index (χ0) is 16.6. The summed E-state index contributed by atoms with van der Waals surface area (Å²) in [5, 5.41) is 16.1. The molecule has 1 aromatic heterocycles. The summed E-state index contributed by atoms with van der Waals surface area (Å²) in [6.45, 7) is 1.66. The molecule has 1 aromatic carbocycles. The third-order valence-corrected chi connectivity index (χ3v) is 4.37. The number of nitrogens with zero attached hydrogens (tertiary/aromatic N) is 1. The summed E-state index contributed by atoms with van der Waals surface area (Å²) in [7, 11) is 0. The van der Waals surface area contributed by atoms with Gasteiger partial charge in [0.05, 0.1) is 10.9 Å². The molecule has 0 aliphatic heterocycles. The minimum atomic E-state index is -0.826. The van der Waals surface area contributed by atoms with Crippen molar-refractivity contribution in [3.8, 4) is 11.3 Å². The molecule has 1 saturated carbocycles. The van der Waals surface area contributed by atoms with Crippen molar-refractivity contribution in [2.24, 2.45) is 5.92 Å². The van der Waals surface area contributed by atoms with Crippen LogP contribution in [0.4, 0.5) is 0 Å². The summed E-state index contributed by atoms with van der Waals surface area (Å²) in [4.78, 5) is 23.3. The molecule has 6 nitrogen and oxygen atoms in total. The molecule has 1 heterocycles. The van der Waals surface area contributed by atoms with Crippen LogP contribution >= 0.6 is 11.6 Å². The minimum absolute atomic E-state index is 0.142. The minimum Gasteiger partial charge on any atom is -0.481 e. The van der Waals surface area contributed by atoms with Crippen LogP contribution in [0.5, 0.6) is 0 Å². The zero-order valence-corrected chi connectivity index (χ0v) is 13.1. The van der Waals surface area contributed by atoms with Crippen molar-refractivity contribution in [2.75, 3.05) is 0 Å². The average Bonchev–Trinajstić information content (AvgIpc) is 2.84. The third-order valence-electron chi connectivity index (χ3n) is 4.04. The van der Waals surface area contributed by atoms with Crippen molar-refractivity contribution < 1.29 is 19.2 Å². The molecule has 1 amide bonds. The summed E-state index contributed by atoms with van der Waals surface area (Å²) in [5.41, 5.74) is 1.34. The van der Waals surface area contributed by atoms with Crippen LogP contribution in [0.3, 0.4) is 0 Å². The van der Waals surface area contributed by atoms with E-state index >= 15 is 0 Å². The molecule has 1 aliphatic carbocycles. The van der Waals surface area contributed by atoms with E-state index in [-0.39, 0.29) is 17.9 Å². The van der Waals surface area contributed by atoms with Gasteiger partial charge in [-0.15, -0.1) is 0 Å².